The van der Waals surface area contributed by atoms with Gasteiger partial charge in [0.1, 0.15) is 5.65 Å². The van der Waals surface area contributed by atoms with E-state index in [4.69, 9.17) is 23.2 Å². The summed E-state index contributed by atoms with van der Waals surface area (Å²) in [5, 5.41) is 1.48. The van der Waals surface area contributed by atoms with Gasteiger partial charge < -0.3 is 4.57 Å². The number of ketones is 1. The number of benzene rings is 2. The van der Waals surface area contributed by atoms with Gasteiger partial charge in [-0.25, -0.2) is 4.98 Å². The highest BCUT2D eigenvalue weighted by Gasteiger charge is 2.18. The van der Waals surface area contributed by atoms with E-state index >= 15 is 0 Å². The Morgan fingerprint density at radius 3 is 2.48 bits per heavy atom. The van der Waals surface area contributed by atoms with E-state index in [1.54, 1.807) is 54.7 Å². The molecule has 0 spiro atoms. The molecule has 0 unspecified atom stereocenters. The van der Waals surface area contributed by atoms with Crippen molar-refractivity contribution in [1.29, 1.82) is 0 Å². The molecule has 4 nitrogen and oxygen atoms in total. The summed E-state index contributed by atoms with van der Waals surface area (Å²) >= 11 is 12.0. The van der Waals surface area contributed by atoms with Crippen molar-refractivity contribution in [3.8, 4) is 0 Å². The topological polar surface area (TPSA) is 52.0 Å². The minimum Gasteiger partial charge on any atom is -0.327 e. The van der Waals surface area contributed by atoms with E-state index in [9.17, 15) is 9.59 Å². The van der Waals surface area contributed by atoms with Crippen LogP contribution < -0.4 is 5.43 Å². The van der Waals surface area contributed by atoms with Gasteiger partial charge in [-0.05, 0) is 48.9 Å². The second-order valence-corrected chi connectivity index (χ2v) is 7.66. The molecular formula is C23H16Cl2N2O2. The number of hydrogen-bond acceptors (Lipinski definition) is 3. The summed E-state index contributed by atoms with van der Waals surface area (Å²) in [6, 6.07) is 17.5. The Labute approximate surface area is 177 Å². The van der Waals surface area contributed by atoms with Crippen LogP contribution >= 0.6 is 23.2 Å². The quantitative estimate of drug-likeness (QED) is 0.419. The molecule has 0 saturated heterocycles. The number of carbonyl (C=O) groups excluding carboxylic acids is 1. The first-order valence-corrected chi connectivity index (χ1v) is 9.73. The standard InChI is InChI=1S/C23H16Cl2N2O2/c1-14-5-10-19-22(29)20(21(28)16-3-2-4-18(25)11-16)13-27(23(19)26-14)12-15-6-8-17(24)9-7-15/h2-11,13H,12H2,1H3. The van der Waals surface area contributed by atoms with Crippen molar-refractivity contribution in [3.05, 3.63) is 110 Å². The smallest absolute Gasteiger partial charge is 0.202 e. The molecule has 0 aliphatic heterocycles. The molecule has 0 fully saturated rings. The molecule has 0 saturated carbocycles. The summed E-state index contributed by atoms with van der Waals surface area (Å²) in [5.41, 5.74) is 2.41. The summed E-state index contributed by atoms with van der Waals surface area (Å²) < 4.78 is 1.82. The van der Waals surface area contributed by atoms with Crippen LogP contribution in [0.15, 0.2) is 71.7 Å². The molecule has 4 aromatic rings. The maximum absolute atomic E-state index is 13.1. The Morgan fingerprint density at radius 2 is 1.76 bits per heavy atom. The van der Waals surface area contributed by atoms with E-state index in [0.29, 0.717) is 33.2 Å². The number of hydrogen-bond donors (Lipinski definition) is 0. The first kappa shape index (κ1) is 19.4. The molecule has 0 amide bonds. The number of aromatic nitrogens is 2. The van der Waals surface area contributed by atoms with Gasteiger partial charge in [-0.15, -0.1) is 0 Å². The monoisotopic (exact) mass is 422 g/mol. The molecule has 144 valence electrons. The second kappa shape index (κ2) is 7.82. The zero-order chi connectivity index (χ0) is 20.5. The molecule has 6 heteroatoms. The highest BCUT2D eigenvalue weighted by molar-refractivity contribution is 6.31. The van der Waals surface area contributed by atoms with Crippen LogP contribution in [0.25, 0.3) is 11.0 Å². The molecule has 0 N–H and O–H groups in total. The second-order valence-electron chi connectivity index (χ2n) is 6.79. The van der Waals surface area contributed by atoms with Gasteiger partial charge in [0, 0.05) is 34.0 Å². The highest BCUT2D eigenvalue weighted by atomic mass is 35.5. The molecule has 4 rings (SSSR count). The van der Waals surface area contributed by atoms with Gasteiger partial charge in [0.2, 0.25) is 5.43 Å². The summed E-state index contributed by atoms with van der Waals surface area (Å²) in [6.45, 7) is 2.31. The molecule has 2 aromatic carbocycles. The largest absolute Gasteiger partial charge is 0.327 e. The summed E-state index contributed by atoms with van der Waals surface area (Å²) in [4.78, 5) is 30.7. The Bertz CT molecular complexity index is 1290. The summed E-state index contributed by atoms with van der Waals surface area (Å²) in [6.07, 6.45) is 1.58. The van der Waals surface area contributed by atoms with Crippen molar-refractivity contribution in [2.75, 3.05) is 0 Å². The predicted molar refractivity (Wildman–Crippen MR) is 116 cm³/mol. The Kier molecular flexibility index (Phi) is 5.22. The van der Waals surface area contributed by atoms with Crippen molar-refractivity contribution < 1.29 is 4.79 Å². The fraction of sp³-hybridized carbons (Fsp3) is 0.0870. The molecule has 2 aromatic heterocycles. The lowest BCUT2D eigenvalue weighted by molar-refractivity contribution is 0.103. The van der Waals surface area contributed by atoms with Crippen LogP contribution in [0, 0.1) is 6.92 Å². The average molecular weight is 423 g/mol. The maximum Gasteiger partial charge on any atom is 0.202 e. The molecule has 0 aliphatic rings. The molecule has 0 aliphatic carbocycles. The van der Waals surface area contributed by atoms with Crippen molar-refractivity contribution >= 4 is 40.0 Å². The molecular weight excluding hydrogens is 407 g/mol. The number of pyridine rings is 2. The third-order valence-corrected chi connectivity index (χ3v) is 5.15. The SMILES string of the molecule is Cc1ccc2c(=O)c(C(=O)c3cccc(Cl)c3)cn(Cc3ccc(Cl)cc3)c2n1. The van der Waals surface area contributed by atoms with Gasteiger partial charge in [-0.3, -0.25) is 9.59 Å². The highest BCUT2D eigenvalue weighted by Crippen LogP contribution is 2.18. The molecule has 29 heavy (non-hydrogen) atoms. The van der Waals surface area contributed by atoms with Gasteiger partial charge in [0.25, 0.3) is 0 Å². The molecule has 0 atom stereocenters. The lowest BCUT2D eigenvalue weighted by Crippen LogP contribution is -2.21. The van der Waals surface area contributed by atoms with E-state index in [0.717, 1.165) is 11.3 Å². The third kappa shape index (κ3) is 3.95. The summed E-state index contributed by atoms with van der Waals surface area (Å²) in [5.74, 6) is -0.371. The van der Waals surface area contributed by atoms with Crippen LogP contribution in [0.1, 0.15) is 27.2 Å². The Balaban J connectivity index is 1.90. The molecule has 0 radical (unpaired) electrons. The van der Waals surface area contributed by atoms with Gasteiger partial charge in [-0.1, -0.05) is 47.5 Å². The van der Waals surface area contributed by atoms with Crippen LogP contribution in [0.3, 0.4) is 0 Å². The van der Waals surface area contributed by atoms with Crippen molar-refractivity contribution in [2.24, 2.45) is 0 Å². The fourth-order valence-electron chi connectivity index (χ4n) is 3.21. The van der Waals surface area contributed by atoms with E-state index in [2.05, 4.69) is 4.98 Å². The average Bonchev–Trinajstić information content (AvgIpc) is 2.71. The number of aryl methyl sites for hydroxylation is 1. The van der Waals surface area contributed by atoms with Crippen molar-refractivity contribution in [1.82, 2.24) is 9.55 Å². The summed E-state index contributed by atoms with van der Waals surface area (Å²) in [7, 11) is 0. The zero-order valence-electron chi connectivity index (χ0n) is 15.5. The third-order valence-electron chi connectivity index (χ3n) is 4.66. The van der Waals surface area contributed by atoms with Crippen LogP contribution in [-0.4, -0.2) is 15.3 Å². The van der Waals surface area contributed by atoms with Gasteiger partial charge in [-0.2, -0.15) is 0 Å². The normalized spacial score (nSPS) is 11.0. The van der Waals surface area contributed by atoms with Crippen LogP contribution in [-0.2, 0) is 6.54 Å². The minimum atomic E-state index is -0.371. The van der Waals surface area contributed by atoms with Gasteiger partial charge >= 0.3 is 0 Å². The fourth-order valence-corrected chi connectivity index (χ4v) is 3.53. The maximum atomic E-state index is 13.1. The van der Waals surface area contributed by atoms with Crippen LogP contribution in [0.5, 0.6) is 0 Å². The predicted octanol–water partition coefficient (Wildman–Crippen LogP) is 5.29. The first-order valence-electron chi connectivity index (χ1n) is 8.98. The van der Waals surface area contributed by atoms with E-state index in [1.165, 1.54) is 0 Å². The number of fused-ring (bicyclic) bond motifs is 1. The van der Waals surface area contributed by atoms with Crippen molar-refractivity contribution in [2.45, 2.75) is 13.5 Å². The van der Waals surface area contributed by atoms with Crippen LogP contribution in [0.4, 0.5) is 0 Å². The first-order chi connectivity index (χ1) is 13.9. The lowest BCUT2D eigenvalue weighted by Gasteiger charge is -2.13. The lowest BCUT2D eigenvalue weighted by atomic mass is 10.0. The molecule has 0 bridgehead atoms. The van der Waals surface area contributed by atoms with E-state index in [1.807, 2.05) is 23.6 Å². The van der Waals surface area contributed by atoms with E-state index in [-0.39, 0.29) is 16.8 Å². The Morgan fingerprint density at radius 1 is 1.00 bits per heavy atom. The number of rotatable bonds is 4. The zero-order valence-corrected chi connectivity index (χ0v) is 17.0. The van der Waals surface area contributed by atoms with Gasteiger partial charge in [0.05, 0.1) is 10.9 Å². The van der Waals surface area contributed by atoms with Gasteiger partial charge in [0.15, 0.2) is 5.78 Å². The van der Waals surface area contributed by atoms with Crippen LogP contribution in [0.2, 0.25) is 10.0 Å². The number of halogens is 2. The van der Waals surface area contributed by atoms with E-state index < -0.39 is 0 Å². The number of carbonyl (C=O) groups is 1. The minimum absolute atomic E-state index is 0.0828. The number of nitrogens with zero attached hydrogens (tertiary/aromatic N) is 2. The van der Waals surface area contributed by atoms with Crippen molar-refractivity contribution in [3.63, 3.8) is 0 Å². The molecule has 2 heterocycles. The Hall–Kier alpha value is -2.95.